The highest BCUT2D eigenvalue weighted by Crippen LogP contribution is 2.29. The molecule has 2 heterocycles. The molecule has 1 aliphatic rings. The molecule has 0 amide bonds. The fourth-order valence-corrected chi connectivity index (χ4v) is 1.82. The average Bonchev–Trinajstić information content (AvgIpc) is 2.17. The van der Waals surface area contributed by atoms with Crippen LogP contribution in [0.5, 0.6) is 5.88 Å². The molecule has 0 N–H and O–H groups in total. The zero-order valence-electron chi connectivity index (χ0n) is 8.21. The van der Waals surface area contributed by atoms with Gasteiger partial charge >= 0.3 is 0 Å². The van der Waals surface area contributed by atoms with E-state index in [2.05, 4.69) is 24.9 Å². The van der Waals surface area contributed by atoms with E-state index < -0.39 is 0 Å². The Morgan fingerprint density at radius 1 is 1.46 bits per heavy atom. The largest absolute Gasteiger partial charge is 0.477 e. The Bertz CT molecular complexity index is 307. The molecular formula is C11H15NO. The van der Waals surface area contributed by atoms with Crippen LogP contribution in [0.1, 0.15) is 37.3 Å². The van der Waals surface area contributed by atoms with Gasteiger partial charge in [-0.1, -0.05) is 13.8 Å². The van der Waals surface area contributed by atoms with E-state index in [0.29, 0.717) is 5.92 Å². The molecule has 0 fully saturated rings. The van der Waals surface area contributed by atoms with Crippen LogP contribution < -0.4 is 4.74 Å². The van der Waals surface area contributed by atoms with Crippen LogP contribution in [0.3, 0.4) is 0 Å². The van der Waals surface area contributed by atoms with Crippen molar-refractivity contribution in [3.63, 3.8) is 0 Å². The number of aromatic nitrogens is 1. The summed E-state index contributed by atoms with van der Waals surface area (Å²) in [5, 5.41) is 0. The van der Waals surface area contributed by atoms with Gasteiger partial charge < -0.3 is 4.74 Å². The van der Waals surface area contributed by atoms with Gasteiger partial charge in [0, 0.05) is 11.8 Å². The monoisotopic (exact) mass is 177 g/mol. The van der Waals surface area contributed by atoms with Gasteiger partial charge in [0.05, 0.1) is 6.61 Å². The maximum atomic E-state index is 5.50. The summed E-state index contributed by atoms with van der Waals surface area (Å²) in [6.45, 7) is 5.25. The molecule has 13 heavy (non-hydrogen) atoms. The fourth-order valence-electron chi connectivity index (χ4n) is 1.82. The molecule has 0 atom stereocenters. The molecule has 70 valence electrons. The van der Waals surface area contributed by atoms with Gasteiger partial charge in [-0.2, -0.15) is 0 Å². The summed E-state index contributed by atoms with van der Waals surface area (Å²) in [7, 11) is 0. The van der Waals surface area contributed by atoms with Gasteiger partial charge in [-0.05, 0) is 30.4 Å². The van der Waals surface area contributed by atoms with Gasteiger partial charge in [0.15, 0.2) is 0 Å². The third-order valence-electron chi connectivity index (χ3n) is 2.48. The van der Waals surface area contributed by atoms with Gasteiger partial charge in [-0.3, -0.25) is 0 Å². The van der Waals surface area contributed by atoms with Crippen LogP contribution >= 0.6 is 0 Å². The number of ether oxygens (including phenoxy) is 1. The summed E-state index contributed by atoms with van der Waals surface area (Å²) in [6, 6.07) is 2.11. The van der Waals surface area contributed by atoms with Crippen LogP contribution in [-0.2, 0) is 6.42 Å². The Morgan fingerprint density at radius 2 is 2.31 bits per heavy atom. The van der Waals surface area contributed by atoms with Crippen molar-refractivity contribution in [2.24, 2.45) is 0 Å². The van der Waals surface area contributed by atoms with E-state index in [0.717, 1.165) is 25.3 Å². The van der Waals surface area contributed by atoms with Crippen molar-refractivity contribution >= 4 is 0 Å². The molecule has 1 aromatic heterocycles. The maximum Gasteiger partial charge on any atom is 0.216 e. The zero-order chi connectivity index (χ0) is 9.26. The predicted octanol–water partition coefficient (Wildman–Crippen LogP) is 2.53. The molecule has 1 aromatic rings. The minimum atomic E-state index is 0.568. The average molecular weight is 177 g/mol. The standard InChI is InChI=1S/C11H15NO/c1-8(2)9-5-6-12-11-10(9)4-3-7-13-11/h5-6,8H,3-4,7H2,1-2H3. The van der Waals surface area contributed by atoms with Gasteiger partial charge in [-0.25, -0.2) is 4.98 Å². The van der Waals surface area contributed by atoms with Crippen LogP contribution in [0.25, 0.3) is 0 Å². The zero-order valence-corrected chi connectivity index (χ0v) is 8.21. The van der Waals surface area contributed by atoms with Gasteiger partial charge in [0.25, 0.3) is 0 Å². The van der Waals surface area contributed by atoms with Crippen molar-refractivity contribution in [2.45, 2.75) is 32.6 Å². The first-order valence-corrected chi connectivity index (χ1v) is 4.89. The summed E-state index contributed by atoms with van der Waals surface area (Å²) in [5.41, 5.74) is 2.72. The molecule has 2 nitrogen and oxygen atoms in total. The molecular weight excluding hydrogens is 162 g/mol. The number of pyridine rings is 1. The van der Waals surface area contributed by atoms with Crippen LogP contribution in [0.4, 0.5) is 0 Å². The first kappa shape index (κ1) is 8.54. The Kier molecular flexibility index (Phi) is 2.21. The van der Waals surface area contributed by atoms with Crippen molar-refractivity contribution < 1.29 is 4.74 Å². The lowest BCUT2D eigenvalue weighted by molar-refractivity contribution is 0.275. The van der Waals surface area contributed by atoms with Crippen LogP contribution in [-0.4, -0.2) is 11.6 Å². The molecule has 2 heteroatoms. The van der Waals surface area contributed by atoms with E-state index in [1.807, 2.05) is 6.20 Å². The van der Waals surface area contributed by atoms with E-state index in [1.165, 1.54) is 11.1 Å². The molecule has 0 saturated carbocycles. The molecule has 0 radical (unpaired) electrons. The van der Waals surface area contributed by atoms with Crippen molar-refractivity contribution in [1.82, 2.24) is 4.98 Å². The first-order chi connectivity index (χ1) is 6.29. The molecule has 0 aromatic carbocycles. The second kappa shape index (κ2) is 3.36. The Labute approximate surface area is 78.9 Å². The van der Waals surface area contributed by atoms with E-state index in [1.54, 1.807) is 0 Å². The minimum absolute atomic E-state index is 0.568. The highest BCUT2D eigenvalue weighted by molar-refractivity contribution is 5.37. The Hall–Kier alpha value is -1.05. The summed E-state index contributed by atoms with van der Waals surface area (Å²) in [6.07, 6.45) is 4.09. The lowest BCUT2D eigenvalue weighted by atomic mass is 9.95. The normalized spacial score (nSPS) is 15.3. The van der Waals surface area contributed by atoms with E-state index in [-0.39, 0.29) is 0 Å². The van der Waals surface area contributed by atoms with E-state index in [4.69, 9.17) is 4.74 Å². The topological polar surface area (TPSA) is 22.1 Å². The molecule has 0 aliphatic carbocycles. The quantitative estimate of drug-likeness (QED) is 0.657. The number of nitrogens with zero attached hydrogens (tertiary/aromatic N) is 1. The molecule has 0 bridgehead atoms. The molecule has 0 saturated heterocycles. The Balaban J connectivity index is 2.46. The molecule has 2 rings (SSSR count). The van der Waals surface area contributed by atoms with Crippen LogP contribution in [0.2, 0.25) is 0 Å². The highest BCUT2D eigenvalue weighted by Gasteiger charge is 2.16. The second-order valence-corrected chi connectivity index (χ2v) is 3.79. The number of rotatable bonds is 1. The van der Waals surface area contributed by atoms with Crippen molar-refractivity contribution in [3.05, 3.63) is 23.4 Å². The first-order valence-electron chi connectivity index (χ1n) is 4.89. The third-order valence-corrected chi connectivity index (χ3v) is 2.48. The lowest BCUT2D eigenvalue weighted by Gasteiger charge is -2.20. The summed E-state index contributed by atoms with van der Waals surface area (Å²) < 4.78 is 5.50. The Morgan fingerprint density at radius 3 is 3.08 bits per heavy atom. The van der Waals surface area contributed by atoms with Gasteiger partial charge in [0.2, 0.25) is 5.88 Å². The molecule has 1 aliphatic heterocycles. The van der Waals surface area contributed by atoms with Crippen molar-refractivity contribution in [1.29, 1.82) is 0 Å². The fraction of sp³-hybridized carbons (Fsp3) is 0.545. The predicted molar refractivity (Wildman–Crippen MR) is 52.1 cm³/mol. The number of fused-ring (bicyclic) bond motifs is 1. The number of hydrogen-bond acceptors (Lipinski definition) is 2. The highest BCUT2D eigenvalue weighted by atomic mass is 16.5. The SMILES string of the molecule is CC(C)c1ccnc2c1CCCO2. The molecule has 0 spiro atoms. The number of hydrogen-bond donors (Lipinski definition) is 0. The minimum Gasteiger partial charge on any atom is -0.477 e. The second-order valence-electron chi connectivity index (χ2n) is 3.79. The van der Waals surface area contributed by atoms with Gasteiger partial charge in [-0.15, -0.1) is 0 Å². The third kappa shape index (κ3) is 1.53. The summed E-state index contributed by atoms with van der Waals surface area (Å²) in [5.74, 6) is 1.43. The summed E-state index contributed by atoms with van der Waals surface area (Å²) in [4.78, 5) is 4.24. The van der Waals surface area contributed by atoms with Crippen LogP contribution in [0, 0.1) is 0 Å². The summed E-state index contributed by atoms with van der Waals surface area (Å²) >= 11 is 0. The van der Waals surface area contributed by atoms with E-state index >= 15 is 0 Å². The maximum absolute atomic E-state index is 5.50. The van der Waals surface area contributed by atoms with Gasteiger partial charge in [0.1, 0.15) is 0 Å². The van der Waals surface area contributed by atoms with E-state index in [9.17, 15) is 0 Å². The lowest BCUT2D eigenvalue weighted by Crippen LogP contribution is -2.12. The van der Waals surface area contributed by atoms with Crippen LogP contribution in [0.15, 0.2) is 12.3 Å². The van der Waals surface area contributed by atoms with Crippen molar-refractivity contribution in [2.75, 3.05) is 6.61 Å². The molecule has 0 unspecified atom stereocenters. The smallest absolute Gasteiger partial charge is 0.216 e. The van der Waals surface area contributed by atoms with Crippen molar-refractivity contribution in [3.8, 4) is 5.88 Å².